The van der Waals surface area contributed by atoms with Gasteiger partial charge in [0.05, 0.1) is 0 Å². The number of carbonyl (C=O) groups excluding carboxylic acids is 2. The van der Waals surface area contributed by atoms with Crippen molar-refractivity contribution in [2.45, 2.75) is 26.7 Å². The summed E-state index contributed by atoms with van der Waals surface area (Å²) in [6.45, 7) is 5.64. The third-order valence-corrected chi connectivity index (χ3v) is 3.41. The number of rotatable bonds is 6. The molecule has 2 N–H and O–H groups in total. The summed E-state index contributed by atoms with van der Waals surface area (Å²) in [6, 6.07) is 14.6. The van der Waals surface area contributed by atoms with Crippen LogP contribution in [0, 0.1) is 0 Å². The van der Waals surface area contributed by atoms with Gasteiger partial charge in [0, 0.05) is 18.3 Å². The van der Waals surface area contributed by atoms with Crippen molar-refractivity contribution in [3.63, 3.8) is 0 Å². The van der Waals surface area contributed by atoms with Crippen molar-refractivity contribution >= 4 is 23.2 Å². The smallest absolute Gasteiger partial charge is 0.262 e. The van der Waals surface area contributed by atoms with E-state index < -0.39 is 0 Å². The third-order valence-electron chi connectivity index (χ3n) is 3.41. The lowest BCUT2D eigenvalue weighted by Gasteiger charge is -2.10. The second-order valence-electron chi connectivity index (χ2n) is 5.82. The van der Waals surface area contributed by atoms with E-state index in [4.69, 9.17) is 4.74 Å². The van der Waals surface area contributed by atoms with E-state index in [2.05, 4.69) is 24.5 Å². The number of carbonyl (C=O) groups is 2. The molecule has 2 aromatic carbocycles. The SMILES string of the molecule is CC(=O)Nc1ccc(NC(=O)COc2ccc(C(C)C)cc2)cc1. The Kier molecular flexibility index (Phi) is 5.95. The Morgan fingerprint density at radius 3 is 1.96 bits per heavy atom. The lowest BCUT2D eigenvalue weighted by molar-refractivity contribution is -0.118. The molecule has 2 aromatic rings. The molecule has 0 aliphatic heterocycles. The first-order valence-electron chi connectivity index (χ1n) is 7.84. The summed E-state index contributed by atoms with van der Waals surface area (Å²) < 4.78 is 5.48. The summed E-state index contributed by atoms with van der Waals surface area (Å²) in [5.41, 5.74) is 2.56. The van der Waals surface area contributed by atoms with Gasteiger partial charge >= 0.3 is 0 Å². The molecule has 2 rings (SSSR count). The monoisotopic (exact) mass is 326 g/mol. The molecule has 0 radical (unpaired) electrons. The zero-order chi connectivity index (χ0) is 17.5. The van der Waals surface area contributed by atoms with Gasteiger partial charge in [0.1, 0.15) is 5.75 Å². The zero-order valence-electron chi connectivity index (χ0n) is 14.1. The molecule has 0 spiro atoms. The molecule has 0 bridgehead atoms. The van der Waals surface area contributed by atoms with Gasteiger partial charge in [-0.25, -0.2) is 0 Å². The van der Waals surface area contributed by atoms with Crippen LogP contribution < -0.4 is 15.4 Å². The highest BCUT2D eigenvalue weighted by molar-refractivity contribution is 5.93. The van der Waals surface area contributed by atoms with Crippen molar-refractivity contribution in [2.75, 3.05) is 17.2 Å². The van der Waals surface area contributed by atoms with Crippen molar-refractivity contribution in [1.82, 2.24) is 0 Å². The molecule has 0 aliphatic carbocycles. The number of hydrogen-bond donors (Lipinski definition) is 2. The van der Waals surface area contributed by atoms with Crippen molar-refractivity contribution < 1.29 is 14.3 Å². The second kappa shape index (κ2) is 8.15. The van der Waals surface area contributed by atoms with E-state index >= 15 is 0 Å². The van der Waals surface area contributed by atoms with E-state index in [0.717, 1.165) is 0 Å². The van der Waals surface area contributed by atoms with E-state index in [-0.39, 0.29) is 18.4 Å². The first-order valence-corrected chi connectivity index (χ1v) is 7.84. The number of nitrogens with one attached hydrogen (secondary N) is 2. The van der Waals surface area contributed by atoms with Gasteiger partial charge in [0.2, 0.25) is 5.91 Å². The molecule has 5 nitrogen and oxygen atoms in total. The van der Waals surface area contributed by atoms with E-state index in [1.165, 1.54) is 12.5 Å². The lowest BCUT2D eigenvalue weighted by atomic mass is 10.0. The highest BCUT2D eigenvalue weighted by Gasteiger charge is 2.05. The van der Waals surface area contributed by atoms with Crippen molar-refractivity contribution in [2.24, 2.45) is 0 Å². The van der Waals surface area contributed by atoms with Crippen LogP contribution in [0.25, 0.3) is 0 Å². The fraction of sp³-hybridized carbons (Fsp3) is 0.263. The Hall–Kier alpha value is -2.82. The summed E-state index contributed by atoms with van der Waals surface area (Å²) in [6.07, 6.45) is 0. The van der Waals surface area contributed by atoms with Crippen molar-refractivity contribution in [3.8, 4) is 5.75 Å². The molecule has 0 fully saturated rings. The van der Waals surface area contributed by atoms with Crippen molar-refractivity contribution in [1.29, 1.82) is 0 Å². The molecule has 0 atom stereocenters. The summed E-state index contributed by atoms with van der Waals surface area (Å²) in [5, 5.41) is 5.41. The lowest BCUT2D eigenvalue weighted by Crippen LogP contribution is -2.20. The van der Waals surface area contributed by atoms with Crippen LogP contribution >= 0.6 is 0 Å². The van der Waals surface area contributed by atoms with Gasteiger partial charge in [-0.15, -0.1) is 0 Å². The summed E-state index contributed by atoms with van der Waals surface area (Å²) in [7, 11) is 0. The van der Waals surface area contributed by atoms with Crippen LogP contribution in [0.5, 0.6) is 5.75 Å². The normalized spacial score (nSPS) is 10.3. The van der Waals surface area contributed by atoms with E-state index in [1.54, 1.807) is 24.3 Å². The number of benzene rings is 2. The van der Waals surface area contributed by atoms with Crippen LogP contribution in [-0.2, 0) is 9.59 Å². The van der Waals surface area contributed by atoms with Crippen LogP contribution in [0.4, 0.5) is 11.4 Å². The van der Waals surface area contributed by atoms with Gasteiger partial charge in [0.15, 0.2) is 6.61 Å². The number of amides is 2. The first-order chi connectivity index (χ1) is 11.4. The minimum Gasteiger partial charge on any atom is -0.484 e. The van der Waals surface area contributed by atoms with E-state index in [9.17, 15) is 9.59 Å². The van der Waals surface area contributed by atoms with Gasteiger partial charge < -0.3 is 15.4 Å². The Balaban J connectivity index is 1.83. The second-order valence-corrected chi connectivity index (χ2v) is 5.82. The minimum absolute atomic E-state index is 0.0610. The quantitative estimate of drug-likeness (QED) is 0.849. The van der Waals surface area contributed by atoms with Crippen LogP contribution in [0.1, 0.15) is 32.3 Å². The average Bonchev–Trinajstić information content (AvgIpc) is 2.54. The molecule has 5 heteroatoms. The molecule has 0 aliphatic rings. The standard InChI is InChI=1S/C19H22N2O3/c1-13(2)15-4-10-18(11-5-15)24-12-19(23)21-17-8-6-16(7-9-17)20-14(3)22/h4-11,13H,12H2,1-3H3,(H,20,22)(H,21,23). The Morgan fingerprint density at radius 1 is 0.917 bits per heavy atom. The molecule has 0 aromatic heterocycles. The Labute approximate surface area is 142 Å². The Bertz CT molecular complexity index is 692. The summed E-state index contributed by atoms with van der Waals surface area (Å²) in [5.74, 6) is 0.747. The predicted octanol–water partition coefficient (Wildman–Crippen LogP) is 3.79. The maximum absolute atomic E-state index is 11.9. The number of anilines is 2. The summed E-state index contributed by atoms with van der Waals surface area (Å²) >= 11 is 0. The molecule has 0 saturated carbocycles. The fourth-order valence-corrected chi connectivity index (χ4v) is 2.14. The van der Waals surface area contributed by atoms with Crippen LogP contribution in [-0.4, -0.2) is 18.4 Å². The molecule has 0 saturated heterocycles. The predicted molar refractivity (Wildman–Crippen MR) is 95.4 cm³/mol. The molecule has 2 amide bonds. The largest absolute Gasteiger partial charge is 0.484 e. The zero-order valence-corrected chi connectivity index (χ0v) is 14.1. The molecule has 0 unspecified atom stereocenters. The van der Waals surface area contributed by atoms with Crippen LogP contribution in [0.3, 0.4) is 0 Å². The molecular formula is C19H22N2O3. The highest BCUT2D eigenvalue weighted by atomic mass is 16.5. The van der Waals surface area contributed by atoms with Gasteiger partial charge in [-0.05, 0) is 47.9 Å². The molecule has 0 heterocycles. The average molecular weight is 326 g/mol. The number of ether oxygens (including phenoxy) is 1. The Morgan fingerprint density at radius 2 is 1.46 bits per heavy atom. The number of hydrogen-bond acceptors (Lipinski definition) is 3. The topological polar surface area (TPSA) is 67.4 Å². The minimum atomic E-state index is -0.241. The molecule has 24 heavy (non-hydrogen) atoms. The van der Waals surface area contributed by atoms with Gasteiger partial charge in [-0.3, -0.25) is 9.59 Å². The maximum Gasteiger partial charge on any atom is 0.262 e. The highest BCUT2D eigenvalue weighted by Crippen LogP contribution is 2.18. The van der Waals surface area contributed by atoms with Gasteiger partial charge in [-0.1, -0.05) is 26.0 Å². The third kappa shape index (κ3) is 5.43. The van der Waals surface area contributed by atoms with E-state index in [1.807, 2.05) is 24.3 Å². The summed E-state index contributed by atoms with van der Waals surface area (Å²) in [4.78, 5) is 22.9. The van der Waals surface area contributed by atoms with Gasteiger partial charge in [0.25, 0.3) is 5.91 Å². The van der Waals surface area contributed by atoms with Gasteiger partial charge in [-0.2, -0.15) is 0 Å². The van der Waals surface area contributed by atoms with E-state index in [0.29, 0.717) is 23.0 Å². The maximum atomic E-state index is 11.9. The van der Waals surface area contributed by atoms with Crippen LogP contribution in [0.15, 0.2) is 48.5 Å². The molecule has 126 valence electrons. The fourth-order valence-electron chi connectivity index (χ4n) is 2.14. The first kappa shape index (κ1) is 17.5. The van der Waals surface area contributed by atoms with Crippen LogP contribution in [0.2, 0.25) is 0 Å². The van der Waals surface area contributed by atoms with Crippen molar-refractivity contribution in [3.05, 3.63) is 54.1 Å². The molecular weight excluding hydrogens is 304 g/mol.